The largest absolute Gasteiger partial charge is 0.487 e. The maximum Gasteiger partial charge on any atom is 0.417 e. The Hall–Kier alpha value is -2.39. The third kappa shape index (κ3) is 6.06. The van der Waals surface area contributed by atoms with Crippen LogP contribution >= 0.6 is 31.9 Å². The van der Waals surface area contributed by atoms with E-state index >= 15 is 0 Å². The van der Waals surface area contributed by atoms with E-state index in [1.165, 1.54) is 12.3 Å². The number of hydrogen-bond acceptors (Lipinski definition) is 4. The van der Waals surface area contributed by atoms with Crippen molar-refractivity contribution in [3.63, 3.8) is 0 Å². The van der Waals surface area contributed by atoms with Crippen LogP contribution in [0, 0.1) is 6.92 Å². The minimum atomic E-state index is -4.42. The number of nitrogens with one attached hydrogen (secondary N) is 1. The quantitative estimate of drug-likeness (QED) is 0.270. The second-order valence-corrected chi connectivity index (χ2v) is 8.10. The molecule has 156 valence electrons. The summed E-state index contributed by atoms with van der Waals surface area (Å²) in [6.07, 6.45) is -2.14. The Morgan fingerprint density at radius 3 is 2.43 bits per heavy atom. The van der Waals surface area contributed by atoms with Crippen LogP contribution in [0.2, 0.25) is 0 Å². The number of nitrogens with zero attached hydrogens (tertiary/aromatic N) is 2. The van der Waals surface area contributed by atoms with Gasteiger partial charge in [-0.05, 0) is 74.2 Å². The summed E-state index contributed by atoms with van der Waals surface area (Å²) in [7, 11) is 0. The molecule has 0 aliphatic rings. The first-order valence-electron chi connectivity index (χ1n) is 8.72. The molecular formula is C21H16Br2F3N3O. The number of alkyl halides is 3. The second-order valence-electron chi connectivity index (χ2n) is 6.39. The fourth-order valence-corrected chi connectivity index (χ4v) is 4.00. The third-order valence-corrected chi connectivity index (χ3v) is 5.15. The zero-order valence-corrected chi connectivity index (χ0v) is 18.8. The first-order chi connectivity index (χ1) is 14.2. The van der Waals surface area contributed by atoms with Crippen molar-refractivity contribution in [1.29, 1.82) is 0 Å². The van der Waals surface area contributed by atoms with E-state index in [1.54, 1.807) is 0 Å². The maximum atomic E-state index is 12.6. The van der Waals surface area contributed by atoms with Crippen LogP contribution in [-0.2, 0) is 12.8 Å². The average molecular weight is 543 g/mol. The lowest BCUT2D eigenvalue weighted by Gasteiger charge is -2.12. The number of ether oxygens (including phenoxy) is 1. The molecule has 0 fully saturated rings. The van der Waals surface area contributed by atoms with Crippen LogP contribution in [0.3, 0.4) is 0 Å². The molecule has 1 aromatic heterocycles. The van der Waals surface area contributed by atoms with Gasteiger partial charge in [-0.25, -0.2) is 4.98 Å². The Kier molecular flexibility index (Phi) is 7.14. The van der Waals surface area contributed by atoms with E-state index in [0.717, 1.165) is 37.9 Å². The maximum absolute atomic E-state index is 12.6. The fourth-order valence-electron chi connectivity index (χ4n) is 2.55. The molecule has 0 radical (unpaired) electrons. The summed E-state index contributed by atoms with van der Waals surface area (Å²) in [5, 5.41) is 4.02. The van der Waals surface area contributed by atoms with Gasteiger partial charge in [0.2, 0.25) is 0 Å². The van der Waals surface area contributed by atoms with Gasteiger partial charge < -0.3 is 4.74 Å². The van der Waals surface area contributed by atoms with Crippen molar-refractivity contribution in [3.05, 3.63) is 85.9 Å². The number of aryl methyl sites for hydroxylation is 1. The summed E-state index contributed by atoms with van der Waals surface area (Å²) in [4.78, 5) is 3.70. The van der Waals surface area contributed by atoms with Crippen LogP contribution < -0.4 is 10.2 Å². The number of rotatable bonds is 6. The molecule has 0 aliphatic carbocycles. The number of hydrogen-bond donors (Lipinski definition) is 1. The molecule has 4 nitrogen and oxygen atoms in total. The van der Waals surface area contributed by atoms with Crippen molar-refractivity contribution in [2.45, 2.75) is 19.7 Å². The van der Waals surface area contributed by atoms with Gasteiger partial charge in [-0.15, -0.1) is 0 Å². The lowest BCUT2D eigenvalue weighted by molar-refractivity contribution is -0.137. The number of pyridine rings is 1. The molecule has 0 saturated carbocycles. The predicted molar refractivity (Wildman–Crippen MR) is 118 cm³/mol. The van der Waals surface area contributed by atoms with E-state index in [9.17, 15) is 13.2 Å². The summed E-state index contributed by atoms with van der Waals surface area (Å²) in [6.45, 7) is 2.45. The van der Waals surface area contributed by atoms with Crippen LogP contribution in [0.25, 0.3) is 0 Å². The van der Waals surface area contributed by atoms with Crippen LogP contribution in [0.4, 0.5) is 19.0 Å². The van der Waals surface area contributed by atoms with Gasteiger partial charge in [0.05, 0.1) is 20.7 Å². The minimum Gasteiger partial charge on any atom is -0.487 e. The van der Waals surface area contributed by atoms with Crippen molar-refractivity contribution in [2.24, 2.45) is 5.10 Å². The van der Waals surface area contributed by atoms with Crippen LogP contribution in [0.1, 0.15) is 22.3 Å². The van der Waals surface area contributed by atoms with E-state index in [0.29, 0.717) is 12.4 Å². The summed E-state index contributed by atoms with van der Waals surface area (Å²) >= 11 is 6.99. The average Bonchev–Trinajstić information content (AvgIpc) is 2.67. The van der Waals surface area contributed by atoms with E-state index in [4.69, 9.17) is 4.74 Å². The van der Waals surface area contributed by atoms with Gasteiger partial charge in [0.25, 0.3) is 0 Å². The molecule has 0 saturated heterocycles. The van der Waals surface area contributed by atoms with Crippen LogP contribution in [-0.4, -0.2) is 11.2 Å². The lowest BCUT2D eigenvalue weighted by Crippen LogP contribution is -2.05. The molecule has 9 heteroatoms. The first-order valence-corrected chi connectivity index (χ1v) is 10.3. The van der Waals surface area contributed by atoms with E-state index in [2.05, 4.69) is 53.4 Å². The van der Waals surface area contributed by atoms with Gasteiger partial charge in [-0.2, -0.15) is 18.3 Å². The molecule has 2 aromatic carbocycles. The highest BCUT2D eigenvalue weighted by molar-refractivity contribution is 9.11. The number of benzene rings is 2. The van der Waals surface area contributed by atoms with Crippen molar-refractivity contribution >= 4 is 43.9 Å². The molecule has 0 amide bonds. The molecule has 0 spiro atoms. The fraction of sp³-hybridized carbons (Fsp3) is 0.143. The second kappa shape index (κ2) is 9.61. The number of halogens is 5. The highest BCUT2D eigenvalue weighted by atomic mass is 79.9. The third-order valence-electron chi connectivity index (χ3n) is 3.97. The SMILES string of the molecule is Cc1cccc(COc2c(Br)cc(/C=N\Nc3ccc(C(F)(F)F)cn3)cc2Br)c1. The van der Waals surface area contributed by atoms with Crippen LogP contribution in [0.5, 0.6) is 5.75 Å². The van der Waals surface area contributed by atoms with E-state index < -0.39 is 11.7 Å². The van der Waals surface area contributed by atoms with E-state index in [-0.39, 0.29) is 5.82 Å². The summed E-state index contributed by atoms with van der Waals surface area (Å²) in [5.41, 5.74) is 4.76. The molecule has 3 rings (SSSR count). The molecule has 0 atom stereocenters. The Bertz CT molecular complexity index is 1030. The molecular weight excluding hydrogens is 527 g/mol. The molecule has 30 heavy (non-hydrogen) atoms. The van der Waals surface area contributed by atoms with Gasteiger partial charge in [-0.1, -0.05) is 29.8 Å². The number of anilines is 1. The molecule has 0 unspecified atom stereocenters. The molecule has 1 N–H and O–H groups in total. The Labute approximate surface area is 188 Å². The first kappa shape index (κ1) is 22.3. The highest BCUT2D eigenvalue weighted by Gasteiger charge is 2.30. The van der Waals surface area contributed by atoms with Gasteiger partial charge in [-0.3, -0.25) is 5.43 Å². The Morgan fingerprint density at radius 1 is 1.10 bits per heavy atom. The zero-order chi connectivity index (χ0) is 21.7. The van der Waals surface area contributed by atoms with Crippen molar-refractivity contribution in [1.82, 2.24) is 4.98 Å². The molecule has 0 bridgehead atoms. The smallest absolute Gasteiger partial charge is 0.417 e. The van der Waals surface area contributed by atoms with Gasteiger partial charge in [0.1, 0.15) is 18.2 Å². The monoisotopic (exact) mass is 541 g/mol. The van der Waals surface area contributed by atoms with E-state index in [1.807, 2.05) is 37.3 Å². The number of hydrazone groups is 1. The summed E-state index contributed by atoms with van der Waals surface area (Å²) < 4.78 is 45.1. The lowest BCUT2D eigenvalue weighted by atomic mass is 10.1. The highest BCUT2D eigenvalue weighted by Crippen LogP contribution is 2.35. The minimum absolute atomic E-state index is 0.204. The van der Waals surface area contributed by atoms with Gasteiger partial charge in [0.15, 0.2) is 0 Å². The molecule has 1 heterocycles. The molecule has 3 aromatic rings. The normalized spacial score (nSPS) is 11.7. The Balaban J connectivity index is 1.64. The summed E-state index contributed by atoms with van der Waals surface area (Å²) in [6, 6.07) is 13.9. The topological polar surface area (TPSA) is 46.5 Å². The molecule has 0 aliphatic heterocycles. The summed E-state index contributed by atoms with van der Waals surface area (Å²) in [5.74, 6) is 0.863. The Morgan fingerprint density at radius 2 is 1.83 bits per heavy atom. The van der Waals surface area contributed by atoms with Crippen molar-refractivity contribution in [3.8, 4) is 5.75 Å². The van der Waals surface area contributed by atoms with Gasteiger partial charge in [0, 0.05) is 6.20 Å². The van der Waals surface area contributed by atoms with Crippen LogP contribution in [0.15, 0.2) is 68.8 Å². The zero-order valence-electron chi connectivity index (χ0n) is 15.7. The predicted octanol–water partition coefficient (Wildman–Crippen LogP) is 6.96. The van der Waals surface area contributed by atoms with Crippen molar-refractivity contribution in [2.75, 3.05) is 5.43 Å². The number of aromatic nitrogens is 1. The standard InChI is InChI=1S/C21H16Br2F3N3O/c1-13-3-2-4-14(7-13)12-30-20-17(22)8-15(9-18(20)23)10-28-29-19-6-5-16(11-27-19)21(24,25)26/h2-11H,12H2,1H3,(H,27,29)/b28-10-. The van der Waals surface area contributed by atoms with Gasteiger partial charge >= 0.3 is 6.18 Å². The van der Waals surface area contributed by atoms with Crippen molar-refractivity contribution < 1.29 is 17.9 Å².